The number of nitrogens with one attached hydrogen (secondary N) is 1. The van der Waals surface area contributed by atoms with Gasteiger partial charge in [-0.2, -0.15) is 0 Å². The molecule has 0 atom stereocenters. The largest absolute Gasteiger partial charge is 0.377 e. The van der Waals surface area contributed by atoms with E-state index < -0.39 is 0 Å². The number of hydrogen-bond acceptors (Lipinski definition) is 3. The van der Waals surface area contributed by atoms with Gasteiger partial charge in [0.15, 0.2) is 0 Å². The Morgan fingerprint density at radius 3 is 2.94 bits per heavy atom. The summed E-state index contributed by atoms with van der Waals surface area (Å²) in [4.78, 5) is 23.0. The van der Waals surface area contributed by atoms with E-state index in [1.165, 1.54) is 10.6 Å². The first-order chi connectivity index (χ1) is 7.65. The topological polar surface area (TPSA) is 60.3 Å². The van der Waals surface area contributed by atoms with E-state index in [9.17, 15) is 9.59 Å². The van der Waals surface area contributed by atoms with Gasteiger partial charge in [0, 0.05) is 16.7 Å². The number of pyridine rings is 1. The molecule has 0 saturated carbocycles. The van der Waals surface area contributed by atoms with Crippen molar-refractivity contribution >= 4 is 21.8 Å². The molecule has 1 aromatic rings. The minimum atomic E-state index is -0.191. The molecule has 0 aliphatic carbocycles. The Hall–Kier alpha value is -1.14. The molecule has 86 valence electrons. The number of amides is 1. The number of halogens is 1. The standard InChI is InChI=1S/C10H11BrN2O3/c11-7-1-2-10(15)13(3-7)4-9(14)12-8-5-16-6-8/h1-3,8H,4-6H2,(H,12,14). The Bertz CT molecular complexity index is 454. The molecule has 5 nitrogen and oxygen atoms in total. The molecule has 0 spiro atoms. The van der Waals surface area contributed by atoms with Gasteiger partial charge in [0.25, 0.3) is 5.56 Å². The lowest BCUT2D eigenvalue weighted by Gasteiger charge is -2.26. The highest BCUT2D eigenvalue weighted by atomic mass is 79.9. The lowest BCUT2D eigenvalue weighted by Crippen LogP contribution is -2.49. The van der Waals surface area contributed by atoms with Crippen LogP contribution < -0.4 is 10.9 Å². The van der Waals surface area contributed by atoms with Gasteiger partial charge in [0.1, 0.15) is 6.54 Å². The molecule has 1 fully saturated rings. The van der Waals surface area contributed by atoms with Gasteiger partial charge in [-0.3, -0.25) is 9.59 Å². The predicted octanol–water partition coefficient (Wildman–Crippen LogP) is 0.126. The third-order valence-electron chi connectivity index (χ3n) is 2.26. The zero-order valence-corrected chi connectivity index (χ0v) is 10.1. The summed E-state index contributed by atoms with van der Waals surface area (Å²) in [6.45, 7) is 1.15. The molecule has 16 heavy (non-hydrogen) atoms. The number of rotatable bonds is 3. The van der Waals surface area contributed by atoms with Crippen LogP contribution in [0.5, 0.6) is 0 Å². The monoisotopic (exact) mass is 286 g/mol. The first-order valence-electron chi connectivity index (χ1n) is 4.88. The van der Waals surface area contributed by atoms with Gasteiger partial charge in [0.2, 0.25) is 5.91 Å². The third kappa shape index (κ3) is 2.70. The summed E-state index contributed by atoms with van der Waals surface area (Å²) in [5.74, 6) is -0.173. The maximum atomic E-state index is 11.5. The number of aromatic nitrogens is 1. The maximum absolute atomic E-state index is 11.5. The van der Waals surface area contributed by atoms with Gasteiger partial charge < -0.3 is 14.6 Å². The van der Waals surface area contributed by atoms with Gasteiger partial charge in [0.05, 0.1) is 19.3 Å². The first-order valence-corrected chi connectivity index (χ1v) is 5.67. The van der Waals surface area contributed by atoms with E-state index in [0.717, 1.165) is 4.47 Å². The van der Waals surface area contributed by atoms with Crippen LogP contribution in [-0.4, -0.2) is 29.7 Å². The molecular formula is C10H11BrN2O3. The van der Waals surface area contributed by atoms with Crippen molar-refractivity contribution < 1.29 is 9.53 Å². The highest BCUT2D eigenvalue weighted by Crippen LogP contribution is 2.05. The molecule has 0 radical (unpaired) electrons. The average molecular weight is 287 g/mol. The summed E-state index contributed by atoms with van der Waals surface area (Å²) < 4.78 is 7.07. The summed E-state index contributed by atoms with van der Waals surface area (Å²) in [6.07, 6.45) is 1.60. The number of carbonyl (C=O) groups is 1. The summed E-state index contributed by atoms with van der Waals surface area (Å²) in [7, 11) is 0. The van der Waals surface area contributed by atoms with Crippen molar-refractivity contribution in [1.29, 1.82) is 0 Å². The molecule has 2 rings (SSSR count). The van der Waals surface area contributed by atoms with Gasteiger partial charge in [-0.25, -0.2) is 0 Å². The molecule has 6 heteroatoms. The Kier molecular flexibility index (Phi) is 3.40. The normalized spacial score (nSPS) is 15.6. The van der Waals surface area contributed by atoms with Gasteiger partial charge in [-0.05, 0) is 22.0 Å². The van der Waals surface area contributed by atoms with Crippen LogP contribution in [-0.2, 0) is 16.1 Å². The lowest BCUT2D eigenvalue weighted by atomic mass is 10.2. The van der Waals surface area contributed by atoms with Crippen molar-refractivity contribution in [3.05, 3.63) is 33.2 Å². The molecule has 1 saturated heterocycles. The van der Waals surface area contributed by atoms with E-state index in [1.54, 1.807) is 12.3 Å². The molecule has 1 aliphatic rings. The van der Waals surface area contributed by atoms with E-state index >= 15 is 0 Å². The number of carbonyl (C=O) groups excluding carboxylic acids is 1. The zero-order valence-electron chi connectivity index (χ0n) is 8.48. The van der Waals surface area contributed by atoms with Gasteiger partial charge >= 0.3 is 0 Å². The Balaban J connectivity index is 1.99. The van der Waals surface area contributed by atoms with Crippen molar-refractivity contribution in [2.24, 2.45) is 0 Å². The van der Waals surface area contributed by atoms with Gasteiger partial charge in [-0.15, -0.1) is 0 Å². The molecule has 1 amide bonds. The Morgan fingerprint density at radius 1 is 1.56 bits per heavy atom. The molecule has 1 aromatic heterocycles. The minimum absolute atomic E-state index is 0.0365. The van der Waals surface area contributed by atoms with Crippen LogP contribution in [0.15, 0.2) is 27.6 Å². The summed E-state index contributed by atoms with van der Waals surface area (Å²) in [5, 5.41) is 2.77. The zero-order chi connectivity index (χ0) is 11.5. The third-order valence-corrected chi connectivity index (χ3v) is 2.73. The van der Waals surface area contributed by atoms with Crippen LogP contribution in [0.4, 0.5) is 0 Å². The molecular weight excluding hydrogens is 276 g/mol. The maximum Gasteiger partial charge on any atom is 0.251 e. The second-order valence-electron chi connectivity index (χ2n) is 3.62. The molecule has 0 bridgehead atoms. The fourth-order valence-electron chi connectivity index (χ4n) is 1.37. The Labute approximate surface area is 101 Å². The average Bonchev–Trinajstić information content (AvgIpc) is 2.18. The Morgan fingerprint density at radius 2 is 2.31 bits per heavy atom. The first kappa shape index (κ1) is 11.3. The van der Waals surface area contributed by atoms with E-state index in [0.29, 0.717) is 13.2 Å². The molecule has 2 heterocycles. The van der Waals surface area contributed by atoms with E-state index in [-0.39, 0.29) is 24.1 Å². The van der Waals surface area contributed by atoms with Gasteiger partial charge in [-0.1, -0.05) is 0 Å². The van der Waals surface area contributed by atoms with Crippen LogP contribution in [0.25, 0.3) is 0 Å². The fraction of sp³-hybridized carbons (Fsp3) is 0.400. The van der Waals surface area contributed by atoms with Crippen molar-refractivity contribution in [3.63, 3.8) is 0 Å². The highest BCUT2D eigenvalue weighted by Gasteiger charge is 2.20. The van der Waals surface area contributed by atoms with Crippen molar-refractivity contribution in [2.75, 3.05) is 13.2 Å². The number of hydrogen-bond donors (Lipinski definition) is 1. The van der Waals surface area contributed by atoms with Crippen LogP contribution in [0.1, 0.15) is 0 Å². The summed E-state index contributed by atoms with van der Waals surface area (Å²) >= 11 is 3.25. The highest BCUT2D eigenvalue weighted by molar-refractivity contribution is 9.10. The fourth-order valence-corrected chi connectivity index (χ4v) is 1.75. The smallest absolute Gasteiger partial charge is 0.251 e. The molecule has 1 aliphatic heterocycles. The van der Waals surface area contributed by atoms with Crippen LogP contribution in [0.3, 0.4) is 0 Å². The quantitative estimate of drug-likeness (QED) is 0.859. The van der Waals surface area contributed by atoms with Crippen molar-refractivity contribution in [2.45, 2.75) is 12.6 Å². The second-order valence-corrected chi connectivity index (χ2v) is 4.53. The van der Waals surface area contributed by atoms with Crippen molar-refractivity contribution in [1.82, 2.24) is 9.88 Å². The molecule has 1 N–H and O–H groups in total. The van der Waals surface area contributed by atoms with E-state index in [2.05, 4.69) is 21.2 Å². The van der Waals surface area contributed by atoms with E-state index in [1.807, 2.05) is 0 Å². The molecule has 0 unspecified atom stereocenters. The second kappa shape index (κ2) is 4.80. The van der Waals surface area contributed by atoms with Crippen molar-refractivity contribution in [3.8, 4) is 0 Å². The van der Waals surface area contributed by atoms with E-state index in [4.69, 9.17) is 4.74 Å². The number of nitrogens with zero attached hydrogens (tertiary/aromatic N) is 1. The summed E-state index contributed by atoms with van der Waals surface area (Å²) in [5.41, 5.74) is -0.191. The lowest BCUT2D eigenvalue weighted by molar-refractivity contribution is -0.125. The van der Waals surface area contributed by atoms with Crippen LogP contribution in [0.2, 0.25) is 0 Å². The summed E-state index contributed by atoms with van der Waals surface area (Å²) in [6, 6.07) is 3.16. The number of ether oxygens (including phenoxy) is 1. The predicted molar refractivity (Wildman–Crippen MR) is 61.2 cm³/mol. The van der Waals surface area contributed by atoms with Crippen LogP contribution >= 0.6 is 15.9 Å². The minimum Gasteiger partial charge on any atom is -0.377 e. The SMILES string of the molecule is O=C(Cn1cc(Br)ccc1=O)NC1COC1. The van der Waals surface area contributed by atoms with Crippen LogP contribution in [0, 0.1) is 0 Å². The molecule has 0 aromatic carbocycles.